The number of aromatic nitrogens is 1. The third-order valence-corrected chi connectivity index (χ3v) is 9.98. The second-order valence-electron chi connectivity index (χ2n) is 9.81. The third kappa shape index (κ3) is 3.99. The summed E-state index contributed by atoms with van der Waals surface area (Å²) in [5.41, 5.74) is 3.73. The van der Waals surface area contributed by atoms with Gasteiger partial charge in [-0.05, 0) is 60.7 Å². The lowest BCUT2D eigenvalue weighted by Gasteiger charge is -2.36. The second kappa shape index (κ2) is 9.21. The van der Waals surface area contributed by atoms with Crippen LogP contribution in [0.1, 0.15) is 32.1 Å². The van der Waals surface area contributed by atoms with E-state index in [9.17, 15) is 8.42 Å². The standard InChI is InChI=1S/C28H28ClN3O3S/c1-31-26(19-8-4-2-5-9-19)18-32(22-10-6-3-7-11-22)25-16-24(29)23(15-28(25)36(31,33)34)20-12-13-27-21(14-20)17-30-35-27/h3,6-7,10-17,19,26H,2,4-5,8-9,18H2,1H3/t26-/m0/s1. The van der Waals surface area contributed by atoms with Gasteiger partial charge in [0.25, 0.3) is 0 Å². The molecule has 1 aliphatic carbocycles. The van der Waals surface area contributed by atoms with E-state index in [1.54, 1.807) is 23.6 Å². The van der Waals surface area contributed by atoms with Crippen LogP contribution in [0.15, 0.2) is 76.3 Å². The predicted octanol–water partition coefficient (Wildman–Crippen LogP) is 6.87. The van der Waals surface area contributed by atoms with E-state index in [2.05, 4.69) is 10.1 Å². The van der Waals surface area contributed by atoms with Crippen LogP contribution in [0.5, 0.6) is 0 Å². The molecule has 0 spiro atoms. The fraction of sp³-hybridized carbons (Fsp3) is 0.321. The number of benzene rings is 3. The average molecular weight is 522 g/mol. The summed E-state index contributed by atoms with van der Waals surface area (Å²) in [5, 5.41) is 5.19. The van der Waals surface area contributed by atoms with Crippen LogP contribution in [0.4, 0.5) is 11.4 Å². The van der Waals surface area contributed by atoms with Gasteiger partial charge >= 0.3 is 0 Å². The molecule has 0 unspecified atom stereocenters. The summed E-state index contributed by atoms with van der Waals surface area (Å²) < 4.78 is 35.2. The van der Waals surface area contributed by atoms with Crippen molar-refractivity contribution in [3.63, 3.8) is 0 Å². The molecule has 0 saturated heterocycles. The van der Waals surface area contributed by atoms with Gasteiger partial charge in [-0.3, -0.25) is 0 Å². The normalized spacial score (nSPS) is 20.8. The molecule has 6 rings (SSSR count). The smallest absolute Gasteiger partial charge is 0.245 e. The molecule has 1 aliphatic heterocycles. The number of hydrogen-bond acceptors (Lipinski definition) is 5. The number of para-hydroxylation sites is 1. The molecule has 0 amide bonds. The zero-order valence-electron chi connectivity index (χ0n) is 20.1. The molecule has 1 saturated carbocycles. The quantitative estimate of drug-likeness (QED) is 0.294. The lowest BCUT2D eigenvalue weighted by Crippen LogP contribution is -2.46. The number of halogens is 1. The summed E-state index contributed by atoms with van der Waals surface area (Å²) in [5.74, 6) is 0.324. The number of anilines is 2. The van der Waals surface area contributed by atoms with Gasteiger partial charge in [0.1, 0.15) is 4.90 Å². The fourth-order valence-electron chi connectivity index (χ4n) is 5.77. The molecular weight excluding hydrogens is 494 g/mol. The van der Waals surface area contributed by atoms with Crippen LogP contribution in [-0.2, 0) is 10.0 Å². The number of likely N-dealkylation sites (N-methyl/N-ethyl adjacent to an activating group) is 1. The molecular formula is C28H28ClN3O3S. The molecule has 8 heteroatoms. The van der Waals surface area contributed by atoms with Crippen molar-refractivity contribution in [3.8, 4) is 11.1 Å². The molecule has 1 aromatic heterocycles. The number of hydrogen-bond donors (Lipinski definition) is 0. The maximum absolute atomic E-state index is 14.2. The summed E-state index contributed by atoms with van der Waals surface area (Å²) in [6.07, 6.45) is 7.26. The zero-order valence-corrected chi connectivity index (χ0v) is 21.7. The summed E-state index contributed by atoms with van der Waals surface area (Å²) >= 11 is 6.87. The van der Waals surface area contributed by atoms with Gasteiger partial charge in [-0.2, -0.15) is 4.31 Å². The molecule has 186 valence electrons. The molecule has 0 N–H and O–H groups in total. The monoisotopic (exact) mass is 521 g/mol. The van der Waals surface area contributed by atoms with E-state index >= 15 is 0 Å². The Hall–Kier alpha value is -2.87. The first-order chi connectivity index (χ1) is 17.4. The molecule has 2 heterocycles. The number of fused-ring (bicyclic) bond motifs is 2. The number of rotatable bonds is 3. The van der Waals surface area contributed by atoms with Crippen molar-refractivity contribution < 1.29 is 12.9 Å². The first-order valence-corrected chi connectivity index (χ1v) is 14.2. The Morgan fingerprint density at radius 1 is 1.00 bits per heavy atom. The molecule has 4 aromatic rings. The van der Waals surface area contributed by atoms with Gasteiger partial charge in [0.2, 0.25) is 10.0 Å². The summed E-state index contributed by atoms with van der Waals surface area (Å²) in [7, 11) is -2.03. The number of sulfonamides is 1. The second-order valence-corrected chi connectivity index (χ2v) is 12.2. The minimum atomic E-state index is -3.77. The molecule has 6 nitrogen and oxygen atoms in total. The van der Waals surface area contributed by atoms with Crippen LogP contribution in [0, 0.1) is 5.92 Å². The van der Waals surface area contributed by atoms with Crippen LogP contribution in [0.25, 0.3) is 22.1 Å². The van der Waals surface area contributed by atoms with E-state index in [1.165, 1.54) is 6.42 Å². The fourth-order valence-corrected chi connectivity index (χ4v) is 7.65. The summed E-state index contributed by atoms with van der Waals surface area (Å²) in [6, 6.07) is 19.1. The topological polar surface area (TPSA) is 66.7 Å². The molecule has 2 aliphatic rings. The van der Waals surface area contributed by atoms with Gasteiger partial charge in [-0.1, -0.05) is 60.3 Å². The number of nitrogens with zero attached hydrogens (tertiary/aromatic N) is 3. The summed E-state index contributed by atoms with van der Waals surface area (Å²) in [6.45, 7) is 0.583. The van der Waals surface area contributed by atoms with Crippen molar-refractivity contribution in [2.45, 2.75) is 43.0 Å². The molecule has 0 bridgehead atoms. The Balaban J connectivity index is 1.54. The molecule has 1 fully saturated rings. The van der Waals surface area contributed by atoms with Crippen LogP contribution in [0.3, 0.4) is 0 Å². The van der Waals surface area contributed by atoms with Crippen molar-refractivity contribution in [3.05, 3.63) is 71.9 Å². The molecule has 1 atom stereocenters. The van der Waals surface area contributed by atoms with Crippen molar-refractivity contribution in [1.82, 2.24) is 9.46 Å². The van der Waals surface area contributed by atoms with Crippen molar-refractivity contribution in [1.29, 1.82) is 0 Å². The van der Waals surface area contributed by atoms with Gasteiger partial charge in [0, 0.05) is 36.3 Å². The van der Waals surface area contributed by atoms with Crippen molar-refractivity contribution in [2.24, 2.45) is 5.92 Å². The SMILES string of the molecule is CN1[C@H](C2CCCCC2)CN(c2ccccc2)c2cc(Cl)c(-c3ccc4oncc4c3)cc2S1(=O)=O. The summed E-state index contributed by atoms with van der Waals surface area (Å²) in [4.78, 5) is 2.41. The van der Waals surface area contributed by atoms with Crippen LogP contribution < -0.4 is 4.90 Å². The molecule has 0 radical (unpaired) electrons. The molecule has 36 heavy (non-hydrogen) atoms. The first kappa shape index (κ1) is 23.5. The van der Waals surface area contributed by atoms with Gasteiger partial charge in [-0.15, -0.1) is 0 Å². The highest BCUT2D eigenvalue weighted by Gasteiger charge is 2.41. The largest absolute Gasteiger partial charge is 0.356 e. The lowest BCUT2D eigenvalue weighted by atomic mass is 9.83. The Morgan fingerprint density at radius 3 is 2.56 bits per heavy atom. The van der Waals surface area contributed by atoms with Crippen LogP contribution in [0.2, 0.25) is 5.02 Å². The Kier molecular flexibility index (Phi) is 6.02. The Labute approximate surface area is 216 Å². The minimum absolute atomic E-state index is 0.126. The van der Waals surface area contributed by atoms with Crippen molar-refractivity contribution in [2.75, 3.05) is 18.5 Å². The van der Waals surface area contributed by atoms with Crippen LogP contribution >= 0.6 is 11.6 Å². The molecule has 3 aromatic carbocycles. The van der Waals surface area contributed by atoms with E-state index in [4.69, 9.17) is 16.1 Å². The first-order valence-electron chi connectivity index (χ1n) is 12.4. The van der Waals surface area contributed by atoms with E-state index in [-0.39, 0.29) is 10.9 Å². The van der Waals surface area contributed by atoms with E-state index in [1.807, 2.05) is 54.6 Å². The van der Waals surface area contributed by atoms with Gasteiger partial charge in [0.15, 0.2) is 5.58 Å². The van der Waals surface area contributed by atoms with E-state index in [0.29, 0.717) is 34.3 Å². The Bertz CT molecular complexity index is 1510. The van der Waals surface area contributed by atoms with E-state index in [0.717, 1.165) is 42.3 Å². The third-order valence-electron chi connectivity index (χ3n) is 7.76. The van der Waals surface area contributed by atoms with E-state index < -0.39 is 10.0 Å². The Morgan fingerprint density at radius 2 is 1.78 bits per heavy atom. The van der Waals surface area contributed by atoms with Gasteiger partial charge < -0.3 is 9.42 Å². The maximum atomic E-state index is 14.2. The lowest BCUT2D eigenvalue weighted by molar-refractivity contribution is 0.218. The zero-order chi connectivity index (χ0) is 24.9. The highest BCUT2D eigenvalue weighted by molar-refractivity contribution is 7.89. The minimum Gasteiger partial charge on any atom is -0.356 e. The van der Waals surface area contributed by atoms with Crippen molar-refractivity contribution >= 4 is 44.0 Å². The van der Waals surface area contributed by atoms with Gasteiger partial charge in [-0.25, -0.2) is 8.42 Å². The average Bonchev–Trinajstić information content (AvgIpc) is 3.35. The highest BCUT2D eigenvalue weighted by Crippen LogP contribution is 2.44. The van der Waals surface area contributed by atoms with Crippen LogP contribution in [-0.4, -0.2) is 37.5 Å². The highest BCUT2D eigenvalue weighted by atomic mass is 35.5. The predicted molar refractivity (Wildman–Crippen MR) is 143 cm³/mol. The van der Waals surface area contributed by atoms with Gasteiger partial charge in [0.05, 0.1) is 16.9 Å². The maximum Gasteiger partial charge on any atom is 0.245 e.